The highest BCUT2D eigenvalue weighted by Gasteiger charge is 2.01. The maximum atomic E-state index is 5.70. The number of ether oxygens (including phenoxy) is 1. The Hall–Kier alpha value is -1.49. The molecule has 0 aliphatic carbocycles. The molecule has 0 spiro atoms. The summed E-state index contributed by atoms with van der Waals surface area (Å²) in [5.74, 6) is 0.888. The van der Waals surface area contributed by atoms with Gasteiger partial charge in [0, 0.05) is 10.7 Å². The molecule has 2 rings (SSSR count). The molecule has 0 atom stereocenters. The molecule has 0 bridgehead atoms. The Bertz CT molecular complexity index is 510. The molecule has 2 aromatic rings. The average molecular weight is 296 g/mol. The molecule has 2 N–H and O–H groups in total. The number of nitrogen functional groups attached to an aromatic ring is 1. The summed E-state index contributed by atoms with van der Waals surface area (Å²) in [5.41, 5.74) is 7.36. The van der Waals surface area contributed by atoms with Gasteiger partial charge >= 0.3 is 0 Å². The zero-order chi connectivity index (χ0) is 12.3. The van der Waals surface area contributed by atoms with Crippen LogP contribution in [-0.4, -0.2) is 16.4 Å². The molecule has 5 heteroatoms. The van der Waals surface area contributed by atoms with Crippen LogP contribution < -0.4 is 10.5 Å². The van der Waals surface area contributed by atoms with Crippen LogP contribution in [0.25, 0.3) is 0 Å². The number of aromatic nitrogens is 2. The third-order valence-corrected chi connectivity index (χ3v) is 2.87. The van der Waals surface area contributed by atoms with E-state index in [1.54, 1.807) is 17.1 Å². The SMILES string of the molecule is Cc1ccc(Br)cc1OCCn1cc(N)cn1. The topological polar surface area (TPSA) is 53.1 Å². The Morgan fingerprint density at radius 2 is 2.29 bits per heavy atom. The maximum absolute atomic E-state index is 5.70. The first-order valence-corrected chi connectivity index (χ1v) is 6.11. The van der Waals surface area contributed by atoms with E-state index < -0.39 is 0 Å². The maximum Gasteiger partial charge on any atom is 0.123 e. The predicted octanol–water partition coefficient (Wildman–Crippen LogP) is 2.62. The molecule has 0 aliphatic rings. The van der Waals surface area contributed by atoms with Crippen molar-refractivity contribution in [3.05, 3.63) is 40.6 Å². The first-order valence-electron chi connectivity index (χ1n) is 5.32. The standard InChI is InChI=1S/C12H14BrN3O/c1-9-2-3-10(13)6-12(9)17-5-4-16-8-11(14)7-15-16/h2-3,6-8H,4-5,14H2,1H3. The second-order valence-electron chi connectivity index (χ2n) is 3.80. The van der Waals surface area contributed by atoms with E-state index in [1.165, 1.54) is 0 Å². The van der Waals surface area contributed by atoms with Crippen molar-refractivity contribution >= 4 is 21.6 Å². The Labute approximate surface area is 109 Å². The Morgan fingerprint density at radius 3 is 3.00 bits per heavy atom. The quantitative estimate of drug-likeness (QED) is 0.943. The number of hydrogen-bond donors (Lipinski definition) is 1. The lowest BCUT2D eigenvalue weighted by molar-refractivity contribution is 0.289. The van der Waals surface area contributed by atoms with Crippen LogP contribution in [0, 0.1) is 6.92 Å². The second kappa shape index (κ2) is 5.23. The minimum atomic E-state index is 0.568. The number of hydrogen-bond acceptors (Lipinski definition) is 3. The zero-order valence-electron chi connectivity index (χ0n) is 9.56. The highest BCUT2D eigenvalue weighted by Crippen LogP contribution is 2.22. The van der Waals surface area contributed by atoms with E-state index in [0.29, 0.717) is 18.8 Å². The van der Waals surface area contributed by atoms with Gasteiger partial charge in [-0.15, -0.1) is 0 Å². The van der Waals surface area contributed by atoms with Crippen LogP contribution in [0.15, 0.2) is 35.1 Å². The van der Waals surface area contributed by atoms with Gasteiger partial charge in [0.05, 0.1) is 18.4 Å². The molecule has 0 saturated carbocycles. The Balaban J connectivity index is 1.91. The molecule has 90 valence electrons. The van der Waals surface area contributed by atoms with E-state index in [2.05, 4.69) is 21.0 Å². The summed E-state index contributed by atoms with van der Waals surface area (Å²) in [7, 11) is 0. The van der Waals surface area contributed by atoms with Gasteiger partial charge in [-0.3, -0.25) is 4.68 Å². The predicted molar refractivity (Wildman–Crippen MR) is 71.0 cm³/mol. The van der Waals surface area contributed by atoms with Crippen LogP contribution in [0.4, 0.5) is 5.69 Å². The lowest BCUT2D eigenvalue weighted by Gasteiger charge is -2.09. The third-order valence-electron chi connectivity index (χ3n) is 2.38. The van der Waals surface area contributed by atoms with Gasteiger partial charge in [0.15, 0.2) is 0 Å². The van der Waals surface area contributed by atoms with E-state index >= 15 is 0 Å². The normalized spacial score (nSPS) is 10.5. The monoisotopic (exact) mass is 295 g/mol. The molecule has 17 heavy (non-hydrogen) atoms. The van der Waals surface area contributed by atoms with Crippen LogP contribution in [0.1, 0.15) is 5.56 Å². The first kappa shape index (κ1) is 12.0. The molecule has 0 saturated heterocycles. The lowest BCUT2D eigenvalue weighted by atomic mass is 10.2. The van der Waals surface area contributed by atoms with Gasteiger partial charge in [-0.2, -0.15) is 5.10 Å². The Morgan fingerprint density at radius 1 is 1.47 bits per heavy atom. The highest BCUT2D eigenvalue weighted by atomic mass is 79.9. The second-order valence-corrected chi connectivity index (χ2v) is 4.71. The molecule has 4 nitrogen and oxygen atoms in total. The third kappa shape index (κ3) is 3.23. The summed E-state index contributed by atoms with van der Waals surface area (Å²) in [5, 5.41) is 4.09. The lowest BCUT2D eigenvalue weighted by Crippen LogP contribution is -2.09. The van der Waals surface area contributed by atoms with E-state index in [-0.39, 0.29) is 0 Å². The fourth-order valence-electron chi connectivity index (χ4n) is 1.48. The first-order chi connectivity index (χ1) is 8.15. The van der Waals surface area contributed by atoms with Crippen molar-refractivity contribution in [2.75, 3.05) is 12.3 Å². The van der Waals surface area contributed by atoms with E-state index in [1.807, 2.05) is 25.1 Å². The average Bonchev–Trinajstić information content (AvgIpc) is 2.69. The molecule has 1 heterocycles. The largest absolute Gasteiger partial charge is 0.491 e. The number of benzene rings is 1. The summed E-state index contributed by atoms with van der Waals surface area (Å²) in [4.78, 5) is 0. The van der Waals surface area contributed by atoms with E-state index in [4.69, 9.17) is 10.5 Å². The highest BCUT2D eigenvalue weighted by molar-refractivity contribution is 9.10. The zero-order valence-corrected chi connectivity index (χ0v) is 11.1. The molecule has 0 fully saturated rings. The van der Waals surface area contributed by atoms with Crippen molar-refractivity contribution < 1.29 is 4.74 Å². The van der Waals surface area contributed by atoms with Gasteiger partial charge in [0.25, 0.3) is 0 Å². The molecule has 1 aromatic heterocycles. The van der Waals surface area contributed by atoms with Crippen molar-refractivity contribution in [2.45, 2.75) is 13.5 Å². The summed E-state index contributed by atoms with van der Waals surface area (Å²) in [6, 6.07) is 5.98. The van der Waals surface area contributed by atoms with Crippen molar-refractivity contribution in [2.24, 2.45) is 0 Å². The number of rotatable bonds is 4. The molecule has 0 aliphatic heterocycles. The van der Waals surface area contributed by atoms with Crippen molar-refractivity contribution in [1.29, 1.82) is 0 Å². The van der Waals surface area contributed by atoms with E-state index in [0.717, 1.165) is 15.8 Å². The van der Waals surface area contributed by atoms with Crippen LogP contribution >= 0.6 is 15.9 Å². The molecule has 0 unspecified atom stereocenters. The van der Waals surface area contributed by atoms with Gasteiger partial charge < -0.3 is 10.5 Å². The van der Waals surface area contributed by atoms with Gasteiger partial charge in [0.2, 0.25) is 0 Å². The number of anilines is 1. The van der Waals surface area contributed by atoms with Gasteiger partial charge in [-0.25, -0.2) is 0 Å². The smallest absolute Gasteiger partial charge is 0.123 e. The molecular weight excluding hydrogens is 282 g/mol. The summed E-state index contributed by atoms with van der Waals surface area (Å²) >= 11 is 3.42. The van der Waals surface area contributed by atoms with Crippen LogP contribution in [0.5, 0.6) is 5.75 Å². The molecule has 0 radical (unpaired) electrons. The van der Waals surface area contributed by atoms with Crippen molar-refractivity contribution in [3.8, 4) is 5.75 Å². The Kier molecular flexibility index (Phi) is 3.68. The number of nitrogens with zero attached hydrogens (tertiary/aromatic N) is 2. The van der Waals surface area contributed by atoms with Gasteiger partial charge in [-0.1, -0.05) is 22.0 Å². The van der Waals surface area contributed by atoms with Gasteiger partial charge in [-0.05, 0) is 24.6 Å². The van der Waals surface area contributed by atoms with Crippen LogP contribution in [-0.2, 0) is 6.54 Å². The summed E-state index contributed by atoms with van der Waals surface area (Å²) in [6.45, 7) is 3.27. The van der Waals surface area contributed by atoms with Crippen molar-refractivity contribution in [1.82, 2.24) is 9.78 Å². The number of aryl methyl sites for hydroxylation is 1. The van der Waals surface area contributed by atoms with Crippen molar-refractivity contribution in [3.63, 3.8) is 0 Å². The summed E-state index contributed by atoms with van der Waals surface area (Å²) in [6.07, 6.45) is 3.42. The minimum absolute atomic E-state index is 0.568. The van der Waals surface area contributed by atoms with Crippen LogP contribution in [0.3, 0.4) is 0 Å². The molecular formula is C12H14BrN3O. The minimum Gasteiger partial charge on any atom is -0.491 e. The van der Waals surface area contributed by atoms with E-state index in [9.17, 15) is 0 Å². The fraction of sp³-hybridized carbons (Fsp3) is 0.250. The summed E-state index contributed by atoms with van der Waals surface area (Å²) < 4.78 is 8.48. The van der Waals surface area contributed by atoms with Gasteiger partial charge in [0.1, 0.15) is 12.4 Å². The fourth-order valence-corrected chi connectivity index (χ4v) is 1.82. The number of nitrogens with two attached hydrogens (primary N) is 1. The number of halogens is 1. The van der Waals surface area contributed by atoms with Crippen LogP contribution in [0.2, 0.25) is 0 Å². The molecule has 1 aromatic carbocycles. The molecule has 0 amide bonds.